The molecule has 0 saturated carbocycles. The third kappa shape index (κ3) is 3.84. The molecule has 3 heterocycles. The smallest absolute Gasteiger partial charge is 0.229 e. The van der Waals surface area contributed by atoms with Gasteiger partial charge in [-0.2, -0.15) is 9.97 Å². The highest BCUT2D eigenvalue weighted by molar-refractivity contribution is 5.83. The summed E-state index contributed by atoms with van der Waals surface area (Å²) < 4.78 is 0. The van der Waals surface area contributed by atoms with E-state index in [1.807, 2.05) is 0 Å². The molecule has 7 heteroatoms. The van der Waals surface area contributed by atoms with E-state index in [9.17, 15) is 0 Å². The lowest BCUT2D eigenvalue weighted by atomic mass is 9.91. The minimum atomic E-state index is 0.211. The Labute approximate surface area is 175 Å². The van der Waals surface area contributed by atoms with Crippen LogP contribution in [0.25, 0.3) is 11.2 Å². The van der Waals surface area contributed by atoms with Crippen molar-refractivity contribution < 1.29 is 0 Å². The quantitative estimate of drug-likeness (QED) is 0.462. The molecule has 0 amide bonds. The zero-order valence-corrected chi connectivity index (χ0v) is 16.8. The number of fused-ring (bicyclic) bond motifs is 1. The van der Waals surface area contributed by atoms with E-state index in [1.54, 1.807) is 6.33 Å². The second-order valence-corrected chi connectivity index (χ2v) is 7.47. The van der Waals surface area contributed by atoms with Crippen molar-refractivity contribution in [1.82, 2.24) is 25.3 Å². The van der Waals surface area contributed by atoms with E-state index >= 15 is 0 Å². The molecule has 4 aromatic rings. The minimum absolute atomic E-state index is 0.211. The molecule has 0 bridgehead atoms. The maximum absolute atomic E-state index is 4.86. The standard InChI is InChI=1S/C23H25N7/c1-3-7-17(8-4-1)19(18-9-5-2-6-10-18)15-25-21-20-22(27-16-26-20)29-23(28-21)30-13-11-24-12-14-30/h1-10,16,19,24H,11-15H2,(H2,25,26,27,28,29). The van der Waals surface area contributed by atoms with Gasteiger partial charge in [-0.05, 0) is 11.1 Å². The average Bonchev–Trinajstić information content (AvgIpc) is 3.30. The summed E-state index contributed by atoms with van der Waals surface area (Å²) in [6, 6.07) is 21.2. The number of hydrogen-bond donors (Lipinski definition) is 3. The van der Waals surface area contributed by atoms with E-state index in [-0.39, 0.29) is 5.92 Å². The van der Waals surface area contributed by atoms with Gasteiger partial charge in [-0.25, -0.2) is 4.98 Å². The van der Waals surface area contributed by atoms with E-state index in [0.29, 0.717) is 5.65 Å². The number of nitrogens with zero attached hydrogens (tertiary/aromatic N) is 4. The number of aromatic nitrogens is 4. The molecule has 1 aliphatic heterocycles. The summed E-state index contributed by atoms with van der Waals surface area (Å²) in [4.78, 5) is 19.3. The Morgan fingerprint density at radius 1 is 0.900 bits per heavy atom. The van der Waals surface area contributed by atoms with Gasteiger partial charge in [-0.15, -0.1) is 0 Å². The van der Waals surface area contributed by atoms with E-state index in [2.05, 4.69) is 91.1 Å². The Morgan fingerprint density at radius 3 is 2.23 bits per heavy atom. The van der Waals surface area contributed by atoms with E-state index < -0.39 is 0 Å². The summed E-state index contributed by atoms with van der Waals surface area (Å²) in [6.07, 6.45) is 1.68. The average molecular weight is 400 g/mol. The predicted octanol–water partition coefficient (Wildman–Crippen LogP) is 3.01. The molecule has 2 aromatic carbocycles. The fourth-order valence-corrected chi connectivity index (χ4v) is 3.95. The van der Waals surface area contributed by atoms with Crippen molar-refractivity contribution in [2.45, 2.75) is 5.92 Å². The van der Waals surface area contributed by atoms with Gasteiger partial charge < -0.3 is 20.5 Å². The number of piperazine rings is 1. The summed E-state index contributed by atoms with van der Waals surface area (Å²) in [6.45, 7) is 4.39. The first kappa shape index (κ1) is 18.6. The van der Waals surface area contributed by atoms with Gasteiger partial charge in [-0.3, -0.25) is 0 Å². The van der Waals surface area contributed by atoms with Crippen molar-refractivity contribution in [1.29, 1.82) is 0 Å². The molecule has 0 spiro atoms. The number of anilines is 2. The summed E-state index contributed by atoms with van der Waals surface area (Å²) in [5, 5.41) is 6.96. The molecule has 3 N–H and O–H groups in total. The summed E-state index contributed by atoms with van der Waals surface area (Å²) in [5.74, 6) is 1.74. The molecular formula is C23H25N7. The van der Waals surface area contributed by atoms with Gasteiger partial charge in [0, 0.05) is 38.6 Å². The SMILES string of the molecule is c1ccc(C(CNc2nc(N3CCNCC3)nc3nc[nH]c23)c2ccccc2)cc1. The first-order valence-corrected chi connectivity index (χ1v) is 10.4. The maximum Gasteiger partial charge on any atom is 0.229 e. The zero-order chi connectivity index (χ0) is 20.2. The molecule has 1 fully saturated rings. The van der Waals surface area contributed by atoms with Crippen LogP contribution in [0.3, 0.4) is 0 Å². The molecule has 0 radical (unpaired) electrons. The van der Waals surface area contributed by atoms with Crippen LogP contribution in [0.1, 0.15) is 17.0 Å². The van der Waals surface area contributed by atoms with Crippen LogP contribution >= 0.6 is 0 Å². The number of H-pyrrole nitrogens is 1. The number of imidazole rings is 1. The van der Waals surface area contributed by atoms with Gasteiger partial charge >= 0.3 is 0 Å². The first-order valence-electron chi connectivity index (χ1n) is 10.4. The van der Waals surface area contributed by atoms with Gasteiger partial charge in [0.15, 0.2) is 11.5 Å². The molecule has 7 nitrogen and oxygen atoms in total. The highest BCUT2D eigenvalue weighted by Crippen LogP contribution is 2.27. The summed E-state index contributed by atoms with van der Waals surface area (Å²) >= 11 is 0. The highest BCUT2D eigenvalue weighted by atomic mass is 15.3. The molecule has 1 saturated heterocycles. The minimum Gasteiger partial charge on any atom is -0.367 e. The third-order valence-electron chi connectivity index (χ3n) is 5.55. The predicted molar refractivity (Wildman–Crippen MR) is 120 cm³/mol. The number of nitrogens with one attached hydrogen (secondary N) is 3. The summed E-state index contributed by atoms with van der Waals surface area (Å²) in [5.41, 5.74) is 4.08. The lowest BCUT2D eigenvalue weighted by Crippen LogP contribution is -2.44. The van der Waals surface area contributed by atoms with Crippen LogP contribution in [0.4, 0.5) is 11.8 Å². The van der Waals surface area contributed by atoms with Gasteiger partial charge in [0.25, 0.3) is 0 Å². The maximum atomic E-state index is 4.86. The van der Waals surface area contributed by atoms with Crippen LogP contribution in [0, 0.1) is 0 Å². The van der Waals surface area contributed by atoms with Gasteiger partial charge in [0.2, 0.25) is 5.95 Å². The Bertz CT molecular complexity index is 1050. The largest absolute Gasteiger partial charge is 0.367 e. The Balaban J connectivity index is 1.46. The lowest BCUT2D eigenvalue weighted by molar-refractivity contribution is 0.580. The molecule has 30 heavy (non-hydrogen) atoms. The van der Waals surface area contributed by atoms with Gasteiger partial charge in [0.05, 0.1) is 6.33 Å². The van der Waals surface area contributed by atoms with Crippen molar-refractivity contribution in [3.63, 3.8) is 0 Å². The molecule has 5 rings (SSSR count). The van der Waals surface area contributed by atoms with Gasteiger partial charge in [-0.1, -0.05) is 60.7 Å². The van der Waals surface area contributed by atoms with Crippen LogP contribution in [-0.2, 0) is 0 Å². The van der Waals surface area contributed by atoms with Crippen LogP contribution < -0.4 is 15.5 Å². The Kier molecular flexibility index (Phi) is 5.26. The fraction of sp³-hybridized carbons (Fsp3) is 0.261. The van der Waals surface area contributed by atoms with E-state index in [0.717, 1.165) is 50.0 Å². The molecule has 0 atom stereocenters. The normalized spacial score (nSPS) is 14.4. The fourth-order valence-electron chi connectivity index (χ4n) is 3.95. The third-order valence-corrected chi connectivity index (χ3v) is 5.55. The Morgan fingerprint density at radius 2 is 1.57 bits per heavy atom. The van der Waals surface area contributed by atoms with E-state index in [4.69, 9.17) is 4.98 Å². The van der Waals surface area contributed by atoms with Crippen LogP contribution in [0.15, 0.2) is 67.0 Å². The number of aromatic amines is 1. The van der Waals surface area contributed by atoms with Gasteiger partial charge in [0.1, 0.15) is 5.52 Å². The summed E-state index contributed by atoms with van der Waals surface area (Å²) in [7, 11) is 0. The van der Waals surface area contributed by atoms with E-state index in [1.165, 1.54) is 11.1 Å². The molecule has 1 aliphatic rings. The zero-order valence-electron chi connectivity index (χ0n) is 16.8. The molecule has 0 aliphatic carbocycles. The number of rotatable bonds is 6. The molecule has 0 unspecified atom stereocenters. The molecule has 152 valence electrons. The second-order valence-electron chi connectivity index (χ2n) is 7.47. The van der Waals surface area contributed by atoms with Crippen LogP contribution in [0.5, 0.6) is 0 Å². The number of hydrogen-bond acceptors (Lipinski definition) is 6. The van der Waals surface area contributed by atoms with Crippen LogP contribution in [-0.4, -0.2) is 52.7 Å². The van der Waals surface area contributed by atoms with Crippen molar-refractivity contribution in [2.75, 3.05) is 42.9 Å². The van der Waals surface area contributed by atoms with Crippen molar-refractivity contribution >= 4 is 22.9 Å². The number of benzene rings is 2. The molecule has 2 aromatic heterocycles. The monoisotopic (exact) mass is 399 g/mol. The second kappa shape index (κ2) is 8.51. The topological polar surface area (TPSA) is 81.8 Å². The lowest BCUT2D eigenvalue weighted by Gasteiger charge is -2.27. The first-order chi connectivity index (χ1) is 14.9. The van der Waals surface area contributed by atoms with Crippen molar-refractivity contribution in [2.24, 2.45) is 0 Å². The molecular weight excluding hydrogens is 374 g/mol. The highest BCUT2D eigenvalue weighted by Gasteiger charge is 2.19. The van der Waals surface area contributed by atoms with Crippen molar-refractivity contribution in [3.05, 3.63) is 78.1 Å². The van der Waals surface area contributed by atoms with Crippen molar-refractivity contribution in [3.8, 4) is 0 Å². The van der Waals surface area contributed by atoms with Crippen LogP contribution in [0.2, 0.25) is 0 Å². The Hall–Kier alpha value is -3.45.